The Morgan fingerprint density at radius 2 is 1.93 bits per heavy atom. The van der Waals surface area contributed by atoms with Crippen molar-refractivity contribution in [3.8, 4) is 0 Å². The van der Waals surface area contributed by atoms with Crippen LogP contribution in [-0.4, -0.2) is 57.3 Å². The molecule has 0 aliphatic carbocycles. The van der Waals surface area contributed by atoms with Gasteiger partial charge in [0.2, 0.25) is 11.8 Å². The summed E-state index contributed by atoms with van der Waals surface area (Å²) >= 11 is 1.09. The summed E-state index contributed by atoms with van der Waals surface area (Å²) in [7, 11) is 0. The van der Waals surface area contributed by atoms with Crippen molar-refractivity contribution >= 4 is 34.7 Å². The topological polar surface area (TPSA) is 104 Å². The SMILES string of the molecule is CC(=O)SC[C@@H](C)C(=O)N1CCCC1C(=O)N[C@@H](Cc1ccccc1)C(=O)O. The summed E-state index contributed by atoms with van der Waals surface area (Å²) in [6.45, 7) is 3.65. The van der Waals surface area contributed by atoms with Gasteiger partial charge in [-0.1, -0.05) is 49.0 Å². The zero-order valence-corrected chi connectivity index (χ0v) is 16.9. The molecule has 0 aromatic heterocycles. The number of nitrogens with one attached hydrogen (secondary N) is 1. The van der Waals surface area contributed by atoms with Gasteiger partial charge in [-0.3, -0.25) is 14.4 Å². The van der Waals surface area contributed by atoms with Crippen molar-refractivity contribution in [2.24, 2.45) is 5.92 Å². The lowest BCUT2D eigenvalue weighted by atomic mass is 10.1. The Bertz CT molecular complexity index is 725. The van der Waals surface area contributed by atoms with E-state index < -0.39 is 24.0 Å². The van der Waals surface area contributed by atoms with Gasteiger partial charge in [-0.25, -0.2) is 4.79 Å². The average Bonchev–Trinajstić information content (AvgIpc) is 3.15. The van der Waals surface area contributed by atoms with Crippen LogP contribution in [0, 0.1) is 5.92 Å². The highest BCUT2D eigenvalue weighted by Crippen LogP contribution is 2.22. The zero-order chi connectivity index (χ0) is 20.7. The number of hydrogen-bond donors (Lipinski definition) is 2. The molecule has 0 bridgehead atoms. The predicted molar refractivity (Wildman–Crippen MR) is 107 cm³/mol. The van der Waals surface area contributed by atoms with Crippen LogP contribution in [0.2, 0.25) is 0 Å². The highest BCUT2D eigenvalue weighted by molar-refractivity contribution is 8.13. The highest BCUT2D eigenvalue weighted by Gasteiger charge is 2.37. The Balaban J connectivity index is 2.01. The summed E-state index contributed by atoms with van der Waals surface area (Å²) in [6, 6.07) is 7.35. The standard InChI is InChI=1S/C20H26N2O5S/c1-13(12-28-14(2)23)19(25)22-10-6-9-17(22)18(24)21-16(20(26)27)11-15-7-4-3-5-8-15/h3-5,7-8,13,16-17H,6,9-12H2,1-2H3,(H,21,24)(H,26,27)/t13-,16+,17?/m1/s1. The first kappa shape index (κ1) is 21.9. The molecule has 0 spiro atoms. The molecule has 1 aromatic rings. The van der Waals surface area contributed by atoms with Gasteiger partial charge in [0, 0.05) is 31.6 Å². The molecule has 152 valence electrons. The molecule has 3 atom stereocenters. The fraction of sp³-hybridized carbons (Fsp3) is 0.500. The van der Waals surface area contributed by atoms with Gasteiger partial charge < -0.3 is 15.3 Å². The van der Waals surface area contributed by atoms with Gasteiger partial charge >= 0.3 is 5.97 Å². The van der Waals surface area contributed by atoms with Crippen molar-refractivity contribution in [3.63, 3.8) is 0 Å². The van der Waals surface area contributed by atoms with E-state index in [0.717, 1.165) is 17.3 Å². The van der Waals surface area contributed by atoms with Crippen LogP contribution in [0.4, 0.5) is 0 Å². The van der Waals surface area contributed by atoms with Gasteiger partial charge in [0.15, 0.2) is 5.12 Å². The van der Waals surface area contributed by atoms with Crippen molar-refractivity contribution in [1.82, 2.24) is 10.2 Å². The molecule has 1 heterocycles. The third-order valence-corrected chi connectivity index (χ3v) is 5.77. The van der Waals surface area contributed by atoms with Gasteiger partial charge in [-0.05, 0) is 18.4 Å². The van der Waals surface area contributed by atoms with Crippen LogP contribution in [0.5, 0.6) is 0 Å². The Hall–Kier alpha value is -2.35. The van der Waals surface area contributed by atoms with E-state index in [1.54, 1.807) is 6.92 Å². The van der Waals surface area contributed by atoms with Gasteiger partial charge in [0.1, 0.15) is 12.1 Å². The van der Waals surface area contributed by atoms with Crippen LogP contribution in [0.1, 0.15) is 32.3 Å². The monoisotopic (exact) mass is 406 g/mol. The third kappa shape index (κ3) is 6.09. The first-order valence-electron chi connectivity index (χ1n) is 9.30. The number of aliphatic carboxylic acids is 1. The predicted octanol–water partition coefficient (Wildman–Crippen LogP) is 1.71. The van der Waals surface area contributed by atoms with Crippen molar-refractivity contribution in [2.45, 2.75) is 45.2 Å². The Morgan fingerprint density at radius 1 is 1.25 bits per heavy atom. The molecule has 28 heavy (non-hydrogen) atoms. The molecule has 1 aromatic carbocycles. The number of likely N-dealkylation sites (tertiary alicyclic amines) is 1. The number of thioether (sulfide) groups is 1. The molecule has 7 nitrogen and oxygen atoms in total. The average molecular weight is 407 g/mol. The van der Waals surface area contributed by atoms with Crippen LogP contribution in [0.25, 0.3) is 0 Å². The second-order valence-corrected chi connectivity index (χ2v) is 8.18. The van der Waals surface area contributed by atoms with Crippen LogP contribution in [0.15, 0.2) is 30.3 Å². The number of benzene rings is 1. The normalized spacial score (nSPS) is 18.4. The molecule has 8 heteroatoms. The number of hydrogen-bond acceptors (Lipinski definition) is 5. The maximum absolute atomic E-state index is 12.7. The first-order valence-corrected chi connectivity index (χ1v) is 10.3. The molecule has 0 radical (unpaired) electrons. The number of rotatable bonds is 8. The first-order chi connectivity index (χ1) is 13.3. The summed E-state index contributed by atoms with van der Waals surface area (Å²) in [4.78, 5) is 49.6. The molecule has 1 aliphatic rings. The van der Waals surface area contributed by atoms with Crippen molar-refractivity contribution in [1.29, 1.82) is 0 Å². The number of carbonyl (C=O) groups excluding carboxylic acids is 3. The molecule has 0 saturated carbocycles. The highest BCUT2D eigenvalue weighted by atomic mass is 32.2. The maximum Gasteiger partial charge on any atom is 0.326 e. The summed E-state index contributed by atoms with van der Waals surface area (Å²) in [5.74, 6) is -1.76. The molecular formula is C20H26N2O5S. The maximum atomic E-state index is 12.7. The lowest BCUT2D eigenvalue weighted by Crippen LogP contribution is -2.52. The van der Waals surface area contributed by atoms with E-state index in [0.29, 0.717) is 25.1 Å². The van der Waals surface area contributed by atoms with Crippen LogP contribution in [0.3, 0.4) is 0 Å². The van der Waals surface area contributed by atoms with Crippen molar-refractivity contribution in [2.75, 3.05) is 12.3 Å². The second-order valence-electron chi connectivity index (χ2n) is 6.98. The second kappa shape index (κ2) is 10.3. The largest absolute Gasteiger partial charge is 0.480 e. The van der Waals surface area contributed by atoms with Crippen LogP contribution < -0.4 is 5.32 Å². The number of carboxylic acid groups (broad SMARTS) is 1. The fourth-order valence-corrected chi connectivity index (χ4v) is 3.84. The van der Waals surface area contributed by atoms with Gasteiger partial charge in [-0.15, -0.1) is 0 Å². The van der Waals surface area contributed by atoms with E-state index >= 15 is 0 Å². The van der Waals surface area contributed by atoms with Gasteiger partial charge in [0.05, 0.1) is 0 Å². The molecule has 1 fully saturated rings. The van der Waals surface area contributed by atoms with E-state index in [9.17, 15) is 24.3 Å². The molecule has 2 amide bonds. The number of amides is 2. The molecular weight excluding hydrogens is 380 g/mol. The van der Waals surface area contributed by atoms with Crippen molar-refractivity contribution in [3.05, 3.63) is 35.9 Å². The zero-order valence-electron chi connectivity index (χ0n) is 16.1. The van der Waals surface area contributed by atoms with Crippen LogP contribution in [-0.2, 0) is 25.6 Å². The Morgan fingerprint density at radius 3 is 2.54 bits per heavy atom. The minimum Gasteiger partial charge on any atom is -0.480 e. The Kier molecular flexibility index (Phi) is 8.04. The van der Waals surface area contributed by atoms with E-state index in [1.165, 1.54) is 11.8 Å². The minimum atomic E-state index is -1.11. The fourth-order valence-electron chi connectivity index (χ4n) is 3.22. The van der Waals surface area contributed by atoms with Crippen LogP contribution >= 0.6 is 11.8 Å². The van der Waals surface area contributed by atoms with Gasteiger partial charge in [0.25, 0.3) is 0 Å². The molecule has 2 N–H and O–H groups in total. The summed E-state index contributed by atoms with van der Waals surface area (Å²) in [5.41, 5.74) is 0.810. The number of carbonyl (C=O) groups is 4. The van der Waals surface area contributed by atoms with E-state index in [2.05, 4.69) is 5.32 Å². The number of nitrogens with zero attached hydrogens (tertiary/aromatic N) is 1. The van der Waals surface area contributed by atoms with Gasteiger partial charge in [-0.2, -0.15) is 0 Å². The molecule has 1 unspecified atom stereocenters. The smallest absolute Gasteiger partial charge is 0.326 e. The van der Waals surface area contributed by atoms with E-state index in [4.69, 9.17) is 0 Å². The molecule has 1 aliphatic heterocycles. The quantitative estimate of drug-likeness (QED) is 0.681. The lowest BCUT2D eigenvalue weighted by Gasteiger charge is -2.27. The lowest BCUT2D eigenvalue weighted by molar-refractivity contribution is -0.144. The molecule has 2 rings (SSSR count). The van der Waals surface area contributed by atoms with Crippen molar-refractivity contribution < 1.29 is 24.3 Å². The summed E-state index contributed by atoms with van der Waals surface area (Å²) < 4.78 is 0. The molecule has 1 saturated heterocycles. The van der Waals surface area contributed by atoms with E-state index in [1.807, 2.05) is 30.3 Å². The summed E-state index contributed by atoms with van der Waals surface area (Å²) in [6.07, 6.45) is 1.36. The van der Waals surface area contributed by atoms with E-state index in [-0.39, 0.29) is 23.4 Å². The number of carboxylic acids is 1. The minimum absolute atomic E-state index is 0.0550. The summed E-state index contributed by atoms with van der Waals surface area (Å²) in [5, 5.41) is 12.0. The third-order valence-electron chi connectivity index (χ3n) is 4.69. The Labute approximate surface area is 168 Å².